The number of nitrogens with one attached hydrogen (secondary N) is 1. The lowest BCUT2D eigenvalue weighted by atomic mass is 10.2. The van der Waals surface area contributed by atoms with E-state index in [1.807, 2.05) is 0 Å². The zero-order valence-corrected chi connectivity index (χ0v) is 15.3. The van der Waals surface area contributed by atoms with Crippen molar-refractivity contribution in [3.8, 4) is 5.75 Å². The molecule has 0 fully saturated rings. The Morgan fingerprint density at radius 2 is 1.86 bits per heavy atom. The second-order valence-corrected chi connectivity index (χ2v) is 6.70. The fourth-order valence-corrected chi connectivity index (χ4v) is 3.30. The first kappa shape index (κ1) is 20.1. The van der Waals surface area contributed by atoms with Crippen molar-refractivity contribution in [3.63, 3.8) is 0 Å². The first-order chi connectivity index (χ1) is 13.8. The summed E-state index contributed by atoms with van der Waals surface area (Å²) in [6.45, 7) is -3.52. The van der Waals surface area contributed by atoms with Crippen molar-refractivity contribution in [2.45, 2.75) is 6.61 Å². The average molecular weight is 422 g/mol. The molecular weight excluding hydrogens is 410 g/mol. The number of nitro benzene ring substituents is 1. The van der Waals surface area contributed by atoms with Crippen molar-refractivity contribution in [2.75, 3.05) is 11.9 Å². The van der Waals surface area contributed by atoms with Gasteiger partial charge in [0, 0.05) is 27.9 Å². The molecule has 150 valence electrons. The van der Waals surface area contributed by atoms with Crippen molar-refractivity contribution in [2.24, 2.45) is 0 Å². The molecule has 0 atom stereocenters. The number of carbonyl (C=O) groups excluding carboxylic acids is 2. The Kier molecular flexibility index (Phi) is 5.98. The molecule has 0 radical (unpaired) electrons. The van der Waals surface area contributed by atoms with Crippen LogP contribution in [0.5, 0.6) is 5.75 Å². The second-order valence-electron chi connectivity index (χ2n) is 5.62. The topological polar surface area (TPSA) is 108 Å². The summed E-state index contributed by atoms with van der Waals surface area (Å²) in [7, 11) is 0. The standard InChI is InChI=1S/C18H12F2N2O6S/c19-18(20)28-13-4-1-11(2-5-13)21-16(23)9-27-17(24)15-8-10-7-12(22(25)26)3-6-14(10)29-15/h1-8,18H,9H2,(H,21,23). The van der Waals surface area contributed by atoms with Crippen LogP contribution in [0.15, 0.2) is 48.5 Å². The number of amides is 1. The highest BCUT2D eigenvalue weighted by Crippen LogP contribution is 2.29. The molecule has 0 spiro atoms. The maximum atomic E-state index is 12.1. The molecule has 0 unspecified atom stereocenters. The number of ether oxygens (including phenoxy) is 2. The van der Waals surface area contributed by atoms with Crippen LogP contribution in [-0.4, -0.2) is 30.0 Å². The summed E-state index contributed by atoms with van der Waals surface area (Å²) in [6.07, 6.45) is 0. The molecule has 1 amide bonds. The van der Waals surface area contributed by atoms with Gasteiger partial charge in [-0.25, -0.2) is 4.79 Å². The molecule has 2 aromatic carbocycles. The molecular formula is C18H12F2N2O6S. The Hall–Kier alpha value is -3.60. The number of benzene rings is 2. The predicted molar refractivity (Wildman–Crippen MR) is 100 cm³/mol. The number of non-ortho nitro benzene ring substituents is 1. The maximum Gasteiger partial charge on any atom is 0.387 e. The quantitative estimate of drug-likeness (QED) is 0.347. The van der Waals surface area contributed by atoms with Gasteiger partial charge in [0.1, 0.15) is 10.6 Å². The van der Waals surface area contributed by atoms with Gasteiger partial charge in [0.2, 0.25) is 0 Å². The molecule has 0 aliphatic heterocycles. The van der Waals surface area contributed by atoms with Crippen molar-refractivity contribution in [3.05, 3.63) is 63.5 Å². The van der Waals surface area contributed by atoms with E-state index in [0.717, 1.165) is 11.3 Å². The Morgan fingerprint density at radius 1 is 1.14 bits per heavy atom. The predicted octanol–water partition coefficient (Wildman–Crippen LogP) is 4.21. The van der Waals surface area contributed by atoms with E-state index < -0.39 is 30.0 Å². The molecule has 8 nitrogen and oxygen atoms in total. The third-order valence-corrected chi connectivity index (χ3v) is 4.71. The number of anilines is 1. The summed E-state index contributed by atoms with van der Waals surface area (Å²) in [5.74, 6) is -1.43. The molecule has 3 rings (SSSR count). The first-order valence-corrected chi connectivity index (χ1v) is 8.83. The van der Waals surface area contributed by atoms with Crippen LogP contribution >= 0.6 is 11.3 Å². The highest BCUT2D eigenvalue weighted by Gasteiger charge is 2.16. The smallest absolute Gasteiger partial charge is 0.387 e. The number of thiophene rings is 1. The molecule has 1 heterocycles. The summed E-state index contributed by atoms with van der Waals surface area (Å²) >= 11 is 1.08. The summed E-state index contributed by atoms with van der Waals surface area (Å²) in [4.78, 5) is 34.5. The molecule has 29 heavy (non-hydrogen) atoms. The van der Waals surface area contributed by atoms with Gasteiger partial charge in [-0.2, -0.15) is 8.78 Å². The van der Waals surface area contributed by atoms with Crippen LogP contribution in [0.3, 0.4) is 0 Å². The number of halogens is 2. The van der Waals surface area contributed by atoms with Gasteiger partial charge in [-0.05, 0) is 36.4 Å². The highest BCUT2D eigenvalue weighted by atomic mass is 32.1. The number of carbonyl (C=O) groups is 2. The highest BCUT2D eigenvalue weighted by molar-refractivity contribution is 7.20. The van der Waals surface area contributed by atoms with E-state index in [-0.39, 0.29) is 16.3 Å². The van der Waals surface area contributed by atoms with Crippen molar-refractivity contribution in [1.82, 2.24) is 0 Å². The number of nitrogens with zero attached hydrogens (tertiary/aromatic N) is 1. The largest absolute Gasteiger partial charge is 0.451 e. The monoisotopic (exact) mass is 422 g/mol. The average Bonchev–Trinajstić information content (AvgIpc) is 3.10. The van der Waals surface area contributed by atoms with Gasteiger partial charge in [-0.15, -0.1) is 11.3 Å². The molecule has 1 aromatic heterocycles. The van der Waals surface area contributed by atoms with Crippen LogP contribution in [0.25, 0.3) is 10.1 Å². The summed E-state index contributed by atoms with van der Waals surface area (Å²) < 4.78 is 34.0. The van der Waals surface area contributed by atoms with Crippen LogP contribution in [0.1, 0.15) is 9.67 Å². The van der Waals surface area contributed by atoms with Gasteiger partial charge in [-0.3, -0.25) is 14.9 Å². The number of hydrogen-bond acceptors (Lipinski definition) is 7. The molecule has 0 aliphatic rings. The molecule has 11 heteroatoms. The number of esters is 1. The van der Waals surface area contributed by atoms with Crippen LogP contribution in [0.2, 0.25) is 0 Å². The van der Waals surface area contributed by atoms with Crippen LogP contribution < -0.4 is 10.1 Å². The van der Waals surface area contributed by atoms with Gasteiger partial charge in [0.25, 0.3) is 11.6 Å². The lowest BCUT2D eigenvalue weighted by Gasteiger charge is -2.07. The third-order valence-electron chi connectivity index (χ3n) is 3.61. The lowest BCUT2D eigenvalue weighted by molar-refractivity contribution is -0.384. The van der Waals surface area contributed by atoms with E-state index in [1.54, 1.807) is 0 Å². The Morgan fingerprint density at radius 3 is 2.52 bits per heavy atom. The zero-order chi connectivity index (χ0) is 21.0. The lowest BCUT2D eigenvalue weighted by Crippen LogP contribution is -2.20. The van der Waals surface area contributed by atoms with E-state index >= 15 is 0 Å². The van der Waals surface area contributed by atoms with Gasteiger partial charge in [0.15, 0.2) is 6.61 Å². The molecule has 0 aliphatic carbocycles. The van der Waals surface area contributed by atoms with E-state index in [2.05, 4.69) is 10.1 Å². The number of hydrogen-bond donors (Lipinski definition) is 1. The molecule has 3 aromatic rings. The fraction of sp³-hybridized carbons (Fsp3) is 0.111. The zero-order valence-electron chi connectivity index (χ0n) is 14.5. The molecule has 1 N–H and O–H groups in total. The van der Waals surface area contributed by atoms with E-state index in [0.29, 0.717) is 15.8 Å². The Labute approximate surface area is 165 Å². The van der Waals surface area contributed by atoms with E-state index in [1.165, 1.54) is 48.5 Å². The summed E-state index contributed by atoms with van der Waals surface area (Å²) in [5, 5.41) is 13.8. The molecule has 0 saturated heterocycles. The number of alkyl halides is 2. The SMILES string of the molecule is O=C(COC(=O)c1cc2cc([N+](=O)[O-])ccc2s1)Nc1ccc(OC(F)F)cc1. The van der Waals surface area contributed by atoms with Crippen molar-refractivity contribution in [1.29, 1.82) is 0 Å². The fourth-order valence-electron chi connectivity index (χ4n) is 2.36. The van der Waals surface area contributed by atoms with Crippen molar-refractivity contribution < 1.29 is 32.8 Å². The second kappa shape index (κ2) is 8.61. The molecule has 0 saturated carbocycles. The number of fused-ring (bicyclic) bond motifs is 1. The third kappa shape index (κ3) is 5.23. The normalized spacial score (nSPS) is 10.7. The Bertz CT molecular complexity index is 1070. The summed E-state index contributed by atoms with van der Waals surface area (Å²) in [6, 6.07) is 10.9. The van der Waals surface area contributed by atoms with Gasteiger partial charge < -0.3 is 14.8 Å². The van der Waals surface area contributed by atoms with E-state index in [4.69, 9.17) is 4.74 Å². The number of nitro groups is 1. The number of rotatable bonds is 7. The minimum absolute atomic E-state index is 0.0607. The van der Waals surface area contributed by atoms with Gasteiger partial charge >= 0.3 is 12.6 Å². The van der Waals surface area contributed by atoms with Gasteiger partial charge in [0.05, 0.1) is 4.92 Å². The minimum Gasteiger partial charge on any atom is -0.451 e. The van der Waals surface area contributed by atoms with Crippen LogP contribution in [0.4, 0.5) is 20.2 Å². The van der Waals surface area contributed by atoms with Gasteiger partial charge in [-0.1, -0.05) is 0 Å². The first-order valence-electron chi connectivity index (χ1n) is 8.01. The molecule has 0 bridgehead atoms. The Balaban J connectivity index is 1.56. The van der Waals surface area contributed by atoms with Crippen LogP contribution in [-0.2, 0) is 9.53 Å². The van der Waals surface area contributed by atoms with Crippen LogP contribution in [0, 0.1) is 10.1 Å². The maximum absolute atomic E-state index is 12.1. The summed E-state index contributed by atoms with van der Waals surface area (Å²) in [5.41, 5.74) is 0.210. The van der Waals surface area contributed by atoms with E-state index in [9.17, 15) is 28.5 Å². The minimum atomic E-state index is -2.95. The van der Waals surface area contributed by atoms with Crippen molar-refractivity contribution >= 4 is 44.7 Å².